The molecule has 0 spiro atoms. The van der Waals surface area contributed by atoms with Crippen molar-refractivity contribution < 1.29 is 9.53 Å². The van der Waals surface area contributed by atoms with E-state index in [-0.39, 0.29) is 11.3 Å². The predicted molar refractivity (Wildman–Crippen MR) is 159 cm³/mol. The molecule has 1 atom stereocenters. The normalized spacial score (nSPS) is 15.9. The zero-order chi connectivity index (χ0) is 24.5. The molecule has 7 heteroatoms. The number of amides is 1. The summed E-state index contributed by atoms with van der Waals surface area (Å²) >= 11 is 6.23. The number of benzene rings is 2. The number of thiophene rings is 1. The van der Waals surface area contributed by atoms with Gasteiger partial charge in [-0.05, 0) is 111 Å². The van der Waals surface area contributed by atoms with E-state index in [9.17, 15) is 4.79 Å². The Labute approximate surface area is 232 Å². The van der Waals surface area contributed by atoms with Crippen LogP contribution in [0.2, 0.25) is 0 Å². The van der Waals surface area contributed by atoms with Crippen LogP contribution in [-0.4, -0.2) is 19.2 Å². The lowest BCUT2D eigenvalue weighted by atomic mass is 9.72. The maximum atomic E-state index is 13.5. The fraction of sp³-hybridized carbons (Fsp3) is 0.333. The summed E-state index contributed by atoms with van der Waals surface area (Å²) in [5.74, 6) is 1.40. The Bertz CT molecular complexity index is 1210. The van der Waals surface area contributed by atoms with Gasteiger partial charge in [0.25, 0.3) is 5.91 Å². The smallest absolute Gasteiger partial charge is 0.259 e. The lowest BCUT2D eigenvalue weighted by Crippen LogP contribution is -2.27. The molecule has 0 fully saturated rings. The molecule has 1 aliphatic rings. The molecule has 34 heavy (non-hydrogen) atoms. The van der Waals surface area contributed by atoms with Crippen molar-refractivity contribution in [3.05, 3.63) is 71.2 Å². The van der Waals surface area contributed by atoms with Gasteiger partial charge in [-0.15, -0.1) is 11.3 Å². The Hall–Kier alpha value is -1.46. The van der Waals surface area contributed by atoms with Crippen molar-refractivity contribution in [2.24, 2.45) is 16.3 Å². The monoisotopic (exact) mass is 698 g/mol. The van der Waals surface area contributed by atoms with Gasteiger partial charge in [-0.3, -0.25) is 4.79 Å². The molecule has 1 aliphatic carbocycles. The number of anilines is 1. The Morgan fingerprint density at radius 2 is 1.85 bits per heavy atom. The van der Waals surface area contributed by atoms with Crippen molar-refractivity contribution in [1.29, 1.82) is 0 Å². The maximum absolute atomic E-state index is 13.5. The summed E-state index contributed by atoms with van der Waals surface area (Å²) in [4.78, 5) is 19.6. The number of hydrogen-bond acceptors (Lipinski definition) is 4. The third kappa shape index (κ3) is 5.67. The zero-order valence-corrected chi connectivity index (χ0v) is 24.9. The third-order valence-electron chi connectivity index (χ3n) is 6.29. The van der Waals surface area contributed by atoms with Crippen LogP contribution in [0.5, 0.6) is 5.75 Å². The SMILES string of the molecule is COc1c(I)cc(C=Nc2sc3c(c2C(=O)Nc2ccccc2)CC[C@H](C(C)(C)C)C3)cc1I. The van der Waals surface area contributed by atoms with Gasteiger partial charge in [0.2, 0.25) is 0 Å². The van der Waals surface area contributed by atoms with Crippen molar-refractivity contribution >= 4 is 79.3 Å². The van der Waals surface area contributed by atoms with Crippen molar-refractivity contribution in [3.8, 4) is 5.75 Å². The Morgan fingerprint density at radius 1 is 1.18 bits per heavy atom. The van der Waals surface area contributed by atoms with Gasteiger partial charge in [0.15, 0.2) is 0 Å². The number of hydrogen-bond donors (Lipinski definition) is 1. The third-order valence-corrected chi connectivity index (χ3v) is 9.05. The van der Waals surface area contributed by atoms with Gasteiger partial charge in [-0.1, -0.05) is 39.0 Å². The van der Waals surface area contributed by atoms with Gasteiger partial charge in [-0.25, -0.2) is 4.99 Å². The van der Waals surface area contributed by atoms with Gasteiger partial charge in [-0.2, -0.15) is 0 Å². The maximum Gasteiger partial charge on any atom is 0.259 e. The molecule has 1 N–H and O–H groups in total. The van der Waals surface area contributed by atoms with Crippen LogP contribution in [0.4, 0.5) is 10.7 Å². The highest BCUT2D eigenvalue weighted by molar-refractivity contribution is 14.1. The number of carbonyl (C=O) groups is 1. The first-order valence-electron chi connectivity index (χ1n) is 11.3. The van der Waals surface area contributed by atoms with E-state index in [0.717, 1.165) is 54.0 Å². The molecule has 0 saturated heterocycles. The number of para-hydroxylation sites is 1. The highest BCUT2D eigenvalue weighted by atomic mass is 127. The topological polar surface area (TPSA) is 50.7 Å². The van der Waals surface area contributed by atoms with E-state index in [2.05, 4.69) is 83.4 Å². The number of nitrogens with one attached hydrogen (secondary N) is 1. The van der Waals surface area contributed by atoms with Gasteiger partial charge < -0.3 is 10.1 Å². The van der Waals surface area contributed by atoms with Crippen molar-refractivity contribution in [2.75, 3.05) is 12.4 Å². The fourth-order valence-electron chi connectivity index (χ4n) is 4.33. The Morgan fingerprint density at radius 3 is 2.47 bits per heavy atom. The molecule has 4 rings (SSSR count). The van der Waals surface area contributed by atoms with Gasteiger partial charge in [0.05, 0.1) is 19.8 Å². The van der Waals surface area contributed by atoms with Gasteiger partial charge in [0, 0.05) is 16.8 Å². The summed E-state index contributed by atoms with van der Waals surface area (Å²) in [5.41, 5.74) is 3.93. The van der Waals surface area contributed by atoms with Crippen LogP contribution in [0.3, 0.4) is 0 Å². The number of carbonyl (C=O) groups excluding carboxylic acids is 1. The number of aliphatic imine (C=N–C) groups is 1. The Balaban J connectivity index is 1.72. The lowest BCUT2D eigenvalue weighted by Gasteiger charge is -2.33. The first-order chi connectivity index (χ1) is 16.2. The molecule has 1 heterocycles. The fourth-order valence-corrected chi connectivity index (χ4v) is 7.86. The first-order valence-corrected chi connectivity index (χ1v) is 14.2. The van der Waals surface area contributed by atoms with Crippen LogP contribution in [0.1, 0.15) is 53.6 Å². The molecule has 3 aromatic rings. The second-order valence-electron chi connectivity index (χ2n) is 9.59. The van der Waals surface area contributed by atoms with Crippen molar-refractivity contribution in [3.63, 3.8) is 0 Å². The minimum Gasteiger partial charge on any atom is -0.495 e. The van der Waals surface area contributed by atoms with E-state index in [0.29, 0.717) is 5.92 Å². The molecule has 0 bridgehead atoms. The second-order valence-corrected chi connectivity index (χ2v) is 13.0. The minimum absolute atomic E-state index is 0.0797. The standard InChI is InChI=1S/C27H28I2N2O2S/c1-27(2,3)17-10-11-19-22(14-17)34-26(23(19)25(32)31-18-8-6-5-7-9-18)30-15-16-12-20(28)24(33-4)21(29)13-16/h5-9,12-13,15,17H,10-11,14H2,1-4H3,(H,31,32)/t17-/m0/s1. The van der Waals surface area contributed by atoms with Crippen LogP contribution < -0.4 is 10.1 Å². The number of methoxy groups -OCH3 is 1. The Kier molecular flexibility index (Phi) is 8.03. The second kappa shape index (κ2) is 10.7. The van der Waals surface area contributed by atoms with Crippen LogP contribution >= 0.6 is 56.5 Å². The number of rotatable bonds is 5. The number of ether oxygens (including phenoxy) is 1. The molecule has 0 saturated carbocycles. The molecule has 4 nitrogen and oxygen atoms in total. The van der Waals surface area contributed by atoms with Crippen LogP contribution in [0, 0.1) is 18.5 Å². The van der Waals surface area contributed by atoms with E-state index < -0.39 is 0 Å². The van der Waals surface area contributed by atoms with E-state index in [1.807, 2.05) is 36.5 Å². The lowest BCUT2D eigenvalue weighted by molar-refractivity contribution is 0.102. The van der Waals surface area contributed by atoms with Gasteiger partial charge >= 0.3 is 0 Å². The number of fused-ring (bicyclic) bond motifs is 1. The molecule has 1 amide bonds. The largest absolute Gasteiger partial charge is 0.495 e. The predicted octanol–water partition coefficient (Wildman–Crippen LogP) is 8.12. The summed E-state index contributed by atoms with van der Waals surface area (Å²) in [5, 5.41) is 3.87. The van der Waals surface area contributed by atoms with Crippen LogP contribution in [-0.2, 0) is 12.8 Å². The summed E-state index contributed by atoms with van der Waals surface area (Å²) in [7, 11) is 1.69. The highest BCUT2D eigenvalue weighted by Gasteiger charge is 2.33. The summed E-state index contributed by atoms with van der Waals surface area (Å²) in [6.45, 7) is 6.93. The molecule has 2 aromatic carbocycles. The van der Waals surface area contributed by atoms with E-state index >= 15 is 0 Å². The van der Waals surface area contributed by atoms with E-state index in [4.69, 9.17) is 9.73 Å². The summed E-state index contributed by atoms with van der Waals surface area (Å²) in [6.07, 6.45) is 4.88. The molecule has 0 unspecified atom stereocenters. The minimum atomic E-state index is -0.0797. The van der Waals surface area contributed by atoms with E-state index in [1.54, 1.807) is 18.4 Å². The molecular formula is C27H28I2N2O2S. The quantitative estimate of drug-likeness (QED) is 0.216. The average molecular weight is 698 g/mol. The summed E-state index contributed by atoms with van der Waals surface area (Å²) < 4.78 is 7.56. The van der Waals surface area contributed by atoms with Gasteiger partial charge in [0.1, 0.15) is 10.8 Å². The van der Waals surface area contributed by atoms with Crippen molar-refractivity contribution in [2.45, 2.75) is 40.0 Å². The molecular weight excluding hydrogens is 670 g/mol. The molecule has 0 radical (unpaired) electrons. The summed E-state index contributed by atoms with van der Waals surface area (Å²) in [6, 6.07) is 13.7. The molecule has 1 aromatic heterocycles. The average Bonchev–Trinajstić information content (AvgIpc) is 3.15. The zero-order valence-electron chi connectivity index (χ0n) is 19.7. The van der Waals surface area contributed by atoms with E-state index in [1.165, 1.54) is 10.4 Å². The number of halogens is 2. The number of nitrogens with zero attached hydrogens (tertiary/aromatic N) is 1. The molecule has 178 valence electrons. The van der Waals surface area contributed by atoms with Crippen LogP contribution in [0.25, 0.3) is 0 Å². The first kappa shape index (κ1) is 25.6. The van der Waals surface area contributed by atoms with Crippen LogP contribution in [0.15, 0.2) is 47.5 Å². The van der Waals surface area contributed by atoms with Crippen molar-refractivity contribution in [1.82, 2.24) is 0 Å². The highest BCUT2D eigenvalue weighted by Crippen LogP contribution is 2.45. The molecule has 0 aliphatic heterocycles.